The molecule has 0 aromatic heterocycles. The zero-order chi connectivity index (χ0) is 11.8. The van der Waals surface area contributed by atoms with Crippen LogP contribution >= 0.6 is 0 Å². The number of nitrogens with zero attached hydrogens (tertiary/aromatic N) is 1. The van der Waals surface area contributed by atoms with E-state index in [0.717, 1.165) is 6.42 Å². The first-order valence-electron chi connectivity index (χ1n) is 5.95. The summed E-state index contributed by atoms with van der Waals surface area (Å²) in [4.78, 5) is 13.6. The predicted molar refractivity (Wildman–Crippen MR) is 64.7 cm³/mol. The summed E-state index contributed by atoms with van der Waals surface area (Å²) >= 11 is 0. The molecule has 0 bridgehead atoms. The Morgan fingerprint density at radius 1 is 1.41 bits per heavy atom. The maximum atomic E-state index is 11.8. The molecule has 3 rings (SSSR count). The van der Waals surface area contributed by atoms with E-state index >= 15 is 0 Å². The highest BCUT2D eigenvalue weighted by Gasteiger charge is 2.39. The second-order valence-electron chi connectivity index (χ2n) is 4.56. The van der Waals surface area contributed by atoms with Gasteiger partial charge in [0, 0.05) is 24.9 Å². The molecule has 1 saturated heterocycles. The summed E-state index contributed by atoms with van der Waals surface area (Å²) < 4.78 is 5.11. The smallest absolute Gasteiger partial charge is 0.410 e. The lowest BCUT2D eigenvalue weighted by molar-refractivity contribution is 0.0314. The number of ether oxygens (including phenoxy) is 1. The van der Waals surface area contributed by atoms with Crippen molar-refractivity contribution in [2.75, 3.05) is 6.61 Å². The van der Waals surface area contributed by atoms with Crippen molar-refractivity contribution >= 4 is 6.09 Å². The molecule has 2 aliphatic heterocycles. The van der Waals surface area contributed by atoms with Gasteiger partial charge in [-0.2, -0.15) is 0 Å². The minimum atomic E-state index is -0.192. The van der Waals surface area contributed by atoms with Gasteiger partial charge in [0.25, 0.3) is 0 Å². The Labute approximate surface area is 101 Å². The molecule has 0 N–H and O–H groups in total. The van der Waals surface area contributed by atoms with E-state index in [-0.39, 0.29) is 18.1 Å². The highest BCUT2D eigenvalue weighted by Crippen LogP contribution is 2.37. The largest absolute Gasteiger partial charge is 0.449 e. The Bertz CT molecular complexity index is 469. The van der Waals surface area contributed by atoms with Crippen molar-refractivity contribution in [3.8, 4) is 0 Å². The second-order valence-corrected chi connectivity index (χ2v) is 4.56. The van der Waals surface area contributed by atoms with Crippen LogP contribution in [0.4, 0.5) is 4.79 Å². The van der Waals surface area contributed by atoms with Crippen LogP contribution in [0.3, 0.4) is 0 Å². The molecule has 88 valence electrons. The van der Waals surface area contributed by atoms with Crippen LogP contribution in [0, 0.1) is 0 Å². The molecule has 0 aliphatic carbocycles. The first kappa shape index (κ1) is 10.4. The van der Waals surface area contributed by atoms with E-state index in [9.17, 15) is 4.79 Å². The Balaban J connectivity index is 2.06. The Morgan fingerprint density at radius 2 is 2.24 bits per heavy atom. The average molecular weight is 229 g/mol. The number of amides is 1. The van der Waals surface area contributed by atoms with Gasteiger partial charge in [0.15, 0.2) is 0 Å². The van der Waals surface area contributed by atoms with Crippen molar-refractivity contribution in [2.24, 2.45) is 0 Å². The van der Waals surface area contributed by atoms with Crippen LogP contribution in [0.5, 0.6) is 0 Å². The van der Waals surface area contributed by atoms with E-state index < -0.39 is 0 Å². The molecule has 1 aromatic carbocycles. The molecule has 1 amide bonds. The molecule has 2 heterocycles. The molecule has 2 aliphatic rings. The van der Waals surface area contributed by atoms with Crippen molar-refractivity contribution in [2.45, 2.75) is 24.9 Å². The minimum Gasteiger partial charge on any atom is -0.449 e. The van der Waals surface area contributed by atoms with Crippen molar-refractivity contribution in [1.29, 1.82) is 0 Å². The first-order chi connectivity index (χ1) is 8.31. The van der Waals surface area contributed by atoms with Crippen molar-refractivity contribution in [1.82, 2.24) is 4.90 Å². The average Bonchev–Trinajstić information content (AvgIpc) is 2.37. The molecular weight excluding hydrogens is 214 g/mol. The van der Waals surface area contributed by atoms with E-state index in [1.165, 1.54) is 11.1 Å². The van der Waals surface area contributed by atoms with E-state index in [0.29, 0.717) is 13.2 Å². The van der Waals surface area contributed by atoms with E-state index in [4.69, 9.17) is 4.74 Å². The fourth-order valence-electron chi connectivity index (χ4n) is 2.87. The van der Waals surface area contributed by atoms with Crippen LogP contribution in [0.1, 0.15) is 23.5 Å². The van der Waals surface area contributed by atoms with Gasteiger partial charge in [-0.15, -0.1) is 6.58 Å². The monoisotopic (exact) mass is 229 g/mol. The number of carbonyl (C=O) groups is 1. The van der Waals surface area contributed by atoms with Gasteiger partial charge in [0.1, 0.15) is 0 Å². The van der Waals surface area contributed by atoms with Crippen LogP contribution in [0.15, 0.2) is 36.9 Å². The molecule has 17 heavy (non-hydrogen) atoms. The number of benzene rings is 1. The van der Waals surface area contributed by atoms with Gasteiger partial charge >= 0.3 is 6.09 Å². The number of fused-ring (bicyclic) bond motifs is 2. The predicted octanol–water partition coefficient (Wildman–Crippen LogP) is 2.68. The normalized spacial score (nSPS) is 26.8. The SMILES string of the molecule is C=CC1c2ccccc2CN2C(=O)OCC[C@H]12. The standard InChI is InChI=1S/C14H15NO2/c1-2-11-12-6-4-3-5-10(12)9-15-13(11)7-8-17-14(15)16/h2-6,11,13H,1,7-9H2/t11?,13-/m1/s1. The summed E-state index contributed by atoms with van der Waals surface area (Å²) in [6, 6.07) is 8.48. The van der Waals surface area contributed by atoms with Crippen LogP contribution in [-0.4, -0.2) is 23.6 Å². The van der Waals surface area contributed by atoms with Crippen molar-refractivity contribution in [3.63, 3.8) is 0 Å². The fourth-order valence-corrected chi connectivity index (χ4v) is 2.87. The summed E-state index contributed by atoms with van der Waals surface area (Å²) in [5.41, 5.74) is 2.51. The highest BCUT2D eigenvalue weighted by molar-refractivity contribution is 5.70. The molecule has 1 aromatic rings. The molecule has 0 spiro atoms. The summed E-state index contributed by atoms with van der Waals surface area (Å²) in [5, 5.41) is 0. The van der Waals surface area contributed by atoms with Crippen LogP contribution < -0.4 is 0 Å². The van der Waals surface area contributed by atoms with E-state index in [1.54, 1.807) is 0 Å². The third-order valence-corrected chi connectivity index (χ3v) is 3.70. The molecule has 1 fully saturated rings. The first-order valence-corrected chi connectivity index (χ1v) is 5.95. The third kappa shape index (κ3) is 1.54. The van der Waals surface area contributed by atoms with Gasteiger partial charge in [-0.1, -0.05) is 30.3 Å². The fraction of sp³-hybridized carbons (Fsp3) is 0.357. The number of hydrogen-bond acceptors (Lipinski definition) is 2. The molecule has 0 saturated carbocycles. The Kier molecular flexibility index (Phi) is 2.39. The molecule has 3 heteroatoms. The molecular formula is C14H15NO2. The summed E-state index contributed by atoms with van der Waals surface area (Å²) in [6.07, 6.45) is 2.65. The van der Waals surface area contributed by atoms with E-state index in [1.807, 2.05) is 23.1 Å². The number of hydrogen-bond donors (Lipinski definition) is 0. The number of cyclic esters (lactones) is 1. The zero-order valence-corrected chi connectivity index (χ0v) is 9.63. The Hall–Kier alpha value is -1.77. The summed E-state index contributed by atoms with van der Waals surface area (Å²) in [7, 11) is 0. The van der Waals surface area contributed by atoms with E-state index in [2.05, 4.69) is 18.7 Å². The van der Waals surface area contributed by atoms with Gasteiger partial charge in [-0.3, -0.25) is 4.90 Å². The third-order valence-electron chi connectivity index (χ3n) is 3.70. The van der Waals surface area contributed by atoms with Gasteiger partial charge < -0.3 is 4.74 Å². The maximum absolute atomic E-state index is 11.8. The quantitative estimate of drug-likeness (QED) is 0.693. The van der Waals surface area contributed by atoms with Gasteiger partial charge in [-0.05, 0) is 11.1 Å². The summed E-state index contributed by atoms with van der Waals surface area (Å²) in [6.45, 7) is 5.10. The lowest BCUT2D eigenvalue weighted by Gasteiger charge is -2.43. The Morgan fingerprint density at radius 3 is 3.06 bits per heavy atom. The number of carbonyl (C=O) groups excluding carboxylic acids is 1. The lowest BCUT2D eigenvalue weighted by atomic mass is 9.82. The lowest BCUT2D eigenvalue weighted by Crippen LogP contribution is -2.50. The van der Waals surface area contributed by atoms with Gasteiger partial charge in [0.2, 0.25) is 0 Å². The molecule has 2 atom stereocenters. The van der Waals surface area contributed by atoms with Gasteiger partial charge in [-0.25, -0.2) is 4.79 Å². The zero-order valence-electron chi connectivity index (χ0n) is 9.63. The highest BCUT2D eigenvalue weighted by atomic mass is 16.6. The number of rotatable bonds is 1. The topological polar surface area (TPSA) is 29.5 Å². The molecule has 0 radical (unpaired) electrons. The van der Waals surface area contributed by atoms with Crippen molar-refractivity contribution < 1.29 is 9.53 Å². The van der Waals surface area contributed by atoms with Crippen LogP contribution in [0.25, 0.3) is 0 Å². The molecule has 3 nitrogen and oxygen atoms in total. The van der Waals surface area contributed by atoms with Crippen LogP contribution in [-0.2, 0) is 11.3 Å². The van der Waals surface area contributed by atoms with Gasteiger partial charge in [0.05, 0.1) is 6.61 Å². The summed E-state index contributed by atoms with van der Waals surface area (Å²) in [5.74, 6) is 0.229. The molecule has 1 unspecified atom stereocenters. The minimum absolute atomic E-state index is 0.192. The maximum Gasteiger partial charge on any atom is 0.410 e. The second kappa shape index (κ2) is 3.91. The van der Waals surface area contributed by atoms with Crippen molar-refractivity contribution in [3.05, 3.63) is 48.0 Å². The van der Waals surface area contributed by atoms with Crippen LogP contribution in [0.2, 0.25) is 0 Å².